The van der Waals surface area contributed by atoms with Gasteiger partial charge in [0, 0.05) is 57.4 Å². The highest BCUT2D eigenvalue weighted by Gasteiger charge is 2.24. The average molecular weight is 478 g/mol. The Morgan fingerprint density at radius 3 is 2.51 bits per heavy atom. The van der Waals surface area contributed by atoms with Gasteiger partial charge < -0.3 is 24.6 Å². The number of amides is 1. The van der Waals surface area contributed by atoms with Gasteiger partial charge in [-0.3, -0.25) is 9.78 Å². The van der Waals surface area contributed by atoms with Crippen LogP contribution in [0.1, 0.15) is 36.2 Å². The van der Waals surface area contributed by atoms with Gasteiger partial charge in [0.05, 0.1) is 37.2 Å². The van der Waals surface area contributed by atoms with E-state index in [0.717, 1.165) is 74.5 Å². The van der Waals surface area contributed by atoms with Gasteiger partial charge >= 0.3 is 0 Å². The lowest BCUT2D eigenvalue weighted by molar-refractivity contribution is 0.0821. The summed E-state index contributed by atoms with van der Waals surface area (Å²) in [7, 11) is 3.40. The van der Waals surface area contributed by atoms with E-state index in [0.29, 0.717) is 11.5 Å². The van der Waals surface area contributed by atoms with Gasteiger partial charge in [-0.25, -0.2) is 15.0 Å². The minimum Gasteiger partial charge on any atom is -0.488 e. The molecule has 1 amide bonds. The molecule has 10 nitrogen and oxygen atoms in total. The summed E-state index contributed by atoms with van der Waals surface area (Å²) in [6.45, 7) is 3.17. The van der Waals surface area contributed by atoms with Crippen LogP contribution in [0.5, 0.6) is 5.75 Å². The van der Waals surface area contributed by atoms with E-state index in [-0.39, 0.29) is 18.1 Å². The largest absolute Gasteiger partial charge is 0.488 e. The quantitative estimate of drug-likeness (QED) is 0.574. The molecular formula is C25H31N7O3. The number of ether oxygens (including phenoxy) is 2. The van der Waals surface area contributed by atoms with Gasteiger partial charge in [-0.2, -0.15) is 0 Å². The Hall–Kier alpha value is -3.53. The van der Waals surface area contributed by atoms with Gasteiger partial charge in [0.15, 0.2) is 0 Å². The smallest absolute Gasteiger partial charge is 0.273 e. The minimum atomic E-state index is -0.156. The molecule has 0 bridgehead atoms. The number of benzene rings is 1. The van der Waals surface area contributed by atoms with Crippen molar-refractivity contribution in [1.29, 1.82) is 0 Å². The fourth-order valence-corrected chi connectivity index (χ4v) is 4.58. The molecule has 0 unspecified atom stereocenters. The predicted molar refractivity (Wildman–Crippen MR) is 133 cm³/mol. The lowest BCUT2D eigenvalue weighted by Crippen LogP contribution is -2.36. The normalized spacial score (nSPS) is 20.5. The molecule has 3 aromatic rings. The van der Waals surface area contributed by atoms with E-state index >= 15 is 0 Å². The Morgan fingerprint density at radius 1 is 1.03 bits per heavy atom. The summed E-state index contributed by atoms with van der Waals surface area (Å²) in [4.78, 5) is 33.5. The second-order valence-corrected chi connectivity index (χ2v) is 9.19. The first-order valence-electron chi connectivity index (χ1n) is 12.1. The van der Waals surface area contributed by atoms with Crippen molar-refractivity contribution in [2.24, 2.45) is 0 Å². The number of rotatable bonds is 6. The summed E-state index contributed by atoms with van der Waals surface area (Å²) in [5.41, 5.74) is 3.08. The van der Waals surface area contributed by atoms with E-state index in [9.17, 15) is 4.79 Å². The Kier molecular flexibility index (Phi) is 6.89. The average Bonchev–Trinajstić information content (AvgIpc) is 2.90. The van der Waals surface area contributed by atoms with E-state index in [4.69, 9.17) is 9.47 Å². The van der Waals surface area contributed by atoms with Gasteiger partial charge in [-0.15, -0.1) is 0 Å². The molecule has 1 saturated carbocycles. The van der Waals surface area contributed by atoms with E-state index in [2.05, 4.69) is 42.3 Å². The number of carbonyl (C=O) groups is 1. The van der Waals surface area contributed by atoms with Crippen LogP contribution >= 0.6 is 0 Å². The van der Waals surface area contributed by atoms with Crippen molar-refractivity contribution in [2.75, 3.05) is 50.6 Å². The van der Waals surface area contributed by atoms with Crippen LogP contribution in [0.2, 0.25) is 0 Å². The molecule has 3 heterocycles. The number of morpholine rings is 1. The lowest BCUT2D eigenvalue weighted by Gasteiger charge is -2.31. The number of nitrogens with one attached hydrogen (secondary N) is 1. The molecule has 2 fully saturated rings. The molecule has 2 aliphatic rings. The summed E-state index contributed by atoms with van der Waals surface area (Å²) >= 11 is 0. The molecule has 184 valence electrons. The second-order valence-electron chi connectivity index (χ2n) is 9.19. The number of nitrogens with zero attached hydrogens (tertiary/aromatic N) is 6. The first-order valence-corrected chi connectivity index (χ1v) is 12.1. The van der Waals surface area contributed by atoms with Crippen LogP contribution in [-0.2, 0) is 4.74 Å². The molecule has 1 saturated heterocycles. The molecule has 0 atom stereocenters. The highest BCUT2D eigenvalue weighted by Crippen LogP contribution is 2.33. The standard InChI is InChI=1S/C25H31N7O3/c1-31(2)25(33)21-15-29-23(16-28-21)30-17-3-5-19(6-4-17)35-22-14-18(32-9-11-34-12-10-32)13-20-24(22)27-8-7-26-20/h7-8,13-17,19H,3-6,9-12H2,1-2H3,(H,29,30). The first kappa shape index (κ1) is 23.2. The Bertz CT molecular complexity index is 1160. The van der Waals surface area contributed by atoms with Gasteiger partial charge in [-0.05, 0) is 31.7 Å². The third kappa shape index (κ3) is 5.43. The molecule has 10 heteroatoms. The molecule has 35 heavy (non-hydrogen) atoms. The van der Waals surface area contributed by atoms with Crippen molar-refractivity contribution in [3.8, 4) is 5.75 Å². The number of fused-ring (bicyclic) bond motifs is 1. The summed E-state index contributed by atoms with van der Waals surface area (Å²) in [6, 6.07) is 4.47. The zero-order valence-electron chi connectivity index (χ0n) is 20.2. The van der Waals surface area contributed by atoms with Crippen LogP contribution in [0.15, 0.2) is 36.9 Å². The van der Waals surface area contributed by atoms with E-state index in [1.807, 2.05) is 0 Å². The number of hydrogen-bond donors (Lipinski definition) is 1. The number of anilines is 2. The van der Waals surface area contributed by atoms with Crippen LogP contribution in [-0.4, -0.2) is 83.3 Å². The molecular weight excluding hydrogens is 446 g/mol. The molecule has 0 radical (unpaired) electrons. The van der Waals surface area contributed by atoms with Crippen molar-refractivity contribution in [2.45, 2.75) is 37.8 Å². The van der Waals surface area contributed by atoms with Crippen LogP contribution in [0.4, 0.5) is 11.5 Å². The van der Waals surface area contributed by atoms with Crippen molar-refractivity contribution in [3.63, 3.8) is 0 Å². The van der Waals surface area contributed by atoms with E-state index in [1.165, 1.54) is 11.1 Å². The Labute approximate surface area is 204 Å². The number of carbonyl (C=O) groups excluding carboxylic acids is 1. The van der Waals surface area contributed by atoms with Crippen LogP contribution in [0, 0.1) is 0 Å². The zero-order chi connectivity index (χ0) is 24.2. The van der Waals surface area contributed by atoms with Gasteiger partial charge in [0.1, 0.15) is 22.8 Å². The van der Waals surface area contributed by atoms with Gasteiger partial charge in [0.25, 0.3) is 5.91 Å². The second kappa shape index (κ2) is 10.4. The summed E-state index contributed by atoms with van der Waals surface area (Å²) < 4.78 is 12.0. The summed E-state index contributed by atoms with van der Waals surface area (Å²) in [5.74, 6) is 1.32. The molecule has 0 spiro atoms. The molecule has 1 aliphatic carbocycles. The fraction of sp³-hybridized carbons (Fsp3) is 0.480. The molecule has 2 aromatic heterocycles. The molecule has 1 aliphatic heterocycles. The maximum atomic E-state index is 12.0. The number of aromatic nitrogens is 4. The SMILES string of the molecule is CN(C)C(=O)c1cnc(NC2CCC(Oc3cc(N4CCOCC4)cc4nccnc34)CC2)cn1. The minimum absolute atomic E-state index is 0.115. The van der Waals surface area contributed by atoms with Crippen LogP contribution in [0.3, 0.4) is 0 Å². The van der Waals surface area contributed by atoms with Crippen molar-refractivity contribution < 1.29 is 14.3 Å². The maximum Gasteiger partial charge on any atom is 0.273 e. The zero-order valence-corrected chi connectivity index (χ0v) is 20.2. The van der Waals surface area contributed by atoms with E-state index < -0.39 is 0 Å². The Morgan fingerprint density at radius 2 is 1.80 bits per heavy atom. The van der Waals surface area contributed by atoms with Crippen molar-refractivity contribution in [1.82, 2.24) is 24.8 Å². The summed E-state index contributed by atoms with van der Waals surface area (Å²) in [5, 5.41) is 3.45. The van der Waals surface area contributed by atoms with Gasteiger partial charge in [-0.1, -0.05) is 0 Å². The third-order valence-corrected chi connectivity index (χ3v) is 6.50. The molecule has 5 rings (SSSR count). The highest BCUT2D eigenvalue weighted by molar-refractivity contribution is 5.91. The predicted octanol–water partition coefficient (Wildman–Crippen LogP) is 2.76. The molecule has 1 aromatic carbocycles. The molecule has 1 N–H and O–H groups in total. The fourth-order valence-electron chi connectivity index (χ4n) is 4.58. The van der Waals surface area contributed by atoms with Crippen LogP contribution < -0.4 is 15.0 Å². The lowest BCUT2D eigenvalue weighted by atomic mass is 9.93. The van der Waals surface area contributed by atoms with Gasteiger partial charge in [0.2, 0.25) is 0 Å². The third-order valence-electron chi connectivity index (χ3n) is 6.50. The summed E-state index contributed by atoms with van der Waals surface area (Å²) in [6.07, 6.45) is 10.5. The van der Waals surface area contributed by atoms with Crippen LogP contribution in [0.25, 0.3) is 11.0 Å². The Balaban J connectivity index is 1.22. The highest BCUT2D eigenvalue weighted by atomic mass is 16.5. The first-order chi connectivity index (χ1) is 17.1. The van der Waals surface area contributed by atoms with E-state index in [1.54, 1.807) is 32.7 Å². The van der Waals surface area contributed by atoms with Crippen molar-refractivity contribution >= 4 is 28.4 Å². The number of hydrogen-bond acceptors (Lipinski definition) is 9. The van der Waals surface area contributed by atoms with Crippen molar-refractivity contribution in [3.05, 3.63) is 42.6 Å². The monoisotopic (exact) mass is 477 g/mol. The topological polar surface area (TPSA) is 106 Å². The maximum absolute atomic E-state index is 12.0.